The van der Waals surface area contributed by atoms with Crippen molar-refractivity contribution in [2.75, 3.05) is 20.0 Å². The van der Waals surface area contributed by atoms with E-state index >= 15 is 0 Å². The molecule has 0 saturated carbocycles. The molecule has 0 bridgehead atoms. The molecule has 3 N–H and O–H groups in total. The van der Waals surface area contributed by atoms with Gasteiger partial charge < -0.3 is 19.9 Å². The Morgan fingerprint density at radius 2 is 1.94 bits per heavy atom. The minimum atomic E-state index is -0.621. The molecule has 1 amide bonds. The van der Waals surface area contributed by atoms with E-state index in [0.29, 0.717) is 22.8 Å². The molecule has 4 rings (SSSR count). The molecule has 4 aromatic rings. The summed E-state index contributed by atoms with van der Waals surface area (Å²) in [6, 6.07) is 14.2. The largest absolute Gasteiger partial charge is 0.493 e. The molecule has 0 atom stereocenters. The van der Waals surface area contributed by atoms with Crippen LogP contribution in [0.1, 0.15) is 21.7 Å². The first kappa shape index (κ1) is 22.3. The molecule has 0 aliphatic heterocycles. The highest BCUT2D eigenvalue weighted by molar-refractivity contribution is 5.94. The van der Waals surface area contributed by atoms with Crippen molar-refractivity contribution in [3.05, 3.63) is 65.5 Å². The number of nitrogens with two attached hydrogens (primary N) is 1. The molecule has 13 heteroatoms. The minimum Gasteiger partial charge on any atom is -0.493 e. The van der Waals surface area contributed by atoms with Gasteiger partial charge >= 0.3 is 0 Å². The number of amides is 1. The monoisotopic (exact) mass is 464 g/mol. The molecule has 0 fully saturated rings. The number of rotatable bonds is 9. The SMILES string of the molecule is COc1ccc(/C=N\NC(=O)c2nnn(-c3nonc3N)c2COc2ccccc2)cc1OC. The summed E-state index contributed by atoms with van der Waals surface area (Å²) in [4.78, 5) is 12.8. The fraction of sp³-hybridized carbons (Fsp3) is 0.143. The van der Waals surface area contributed by atoms with E-state index in [1.807, 2.05) is 18.2 Å². The van der Waals surface area contributed by atoms with Gasteiger partial charge in [0.25, 0.3) is 5.91 Å². The Kier molecular flexibility index (Phi) is 6.63. The van der Waals surface area contributed by atoms with Gasteiger partial charge in [-0.25, -0.2) is 10.1 Å². The Bertz CT molecular complexity index is 1300. The Labute approximate surface area is 193 Å². The van der Waals surface area contributed by atoms with Crippen molar-refractivity contribution in [1.29, 1.82) is 0 Å². The molecule has 0 radical (unpaired) electrons. The van der Waals surface area contributed by atoms with Crippen LogP contribution in [0.2, 0.25) is 0 Å². The number of hydrogen-bond acceptors (Lipinski definition) is 11. The number of hydrogen-bond donors (Lipinski definition) is 2. The zero-order valence-corrected chi connectivity index (χ0v) is 18.2. The fourth-order valence-corrected chi connectivity index (χ4v) is 2.94. The highest BCUT2D eigenvalue weighted by Crippen LogP contribution is 2.26. The van der Waals surface area contributed by atoms with Gasteiger partial charge in [-0.1, -0.05) is 23.4 Å². The Morgan fingerprint density at radius 3 is 2.65 bits per heavy atom. The summed E-state index contributed by atoms with van der Waals surface area (Å²) in [5.41, 5.74) is 9.11. The van der Waals surface area contributed by atoms with Gasteiger partial charge in [0.05, 0.1) is 20.4 Å². The molecule has 2 aromatic heterocycles. The van der Waals surface area contributed by atoms with Gasteiger partial charge in [0.1, 0.15) is 18.1 Å². The van der Waals surface area contributed by atoms with E-state index in [9.17, 15) is 4.79 Å². The predicted octanol–water partition coefficient (Wildman–Crippen LogP) is 1.59. The van der Waals surface area contributed by atoms with E-state index in [2.05, 4.69) is 35.8 Å². The number of aromatic nitrogens is 5. The fourth-order valence-electron chi connectivity index (χ4n) is 2.94. The number of para-hydroxylation sites is 1. The maximum Gasteiger partial charge on any atom is 0.293 e. The second-order valence-electron chi connectivity index (χ2n) is 6.68. The number of methoxy groups -OCH3 is 2. The van der Waals surface area contributed by atoms with Crippen LogP contribution in [0.15, 0.2) is 58.3 Å². The molecule has 13 nitrogen and oxygen atoms in total. The third kappa shape index (κ3) is 4.77. The maximum absolute atomic E-state index is 12.8. The topological polar surface area (TPSA) is 165 Å². The van der Waals surface area contributed by atoms with Crippen LogP contribution in [0.25, 0.3) is 5.82 Å². The summed E-state index contributed by atoms with van der Waals surface area (Å²) in [6.07, 6.45) is 1.45. The van der Waals surface area contributed by atoms with Crippen molar-refractivity contribution in [2.24, 2.45) is 5.10 Å². The van der Waals surface area contributed by atoms with Crippen LogP contribution < -0.4 is 25.4 Å². The lowest BCUT2D eigenvalue weighted by atomic mass is 10.2. The van der Waals surface area contributed by atoms with Crippen molar-refractivity contribution >= 4 is 17.9 Å². The van der Waals surface area contributed by atoms with Crippen LogP contribution in [-0.4, -0.2) is 51.6 Å². The first-order chi connectivity index (χ1) is 16.6. The summed E-state index contributed by atoms with van der Waals surface area (Å²) in [5, 5.41) is 19.1. The van der Waals surface area contributed by atoms with Crippen LogP contribution in [0.3, 0.4) is 0 Å². The molecule has 2 heterocycles. The number of nitrogens with one attached hydrogen (secondary N) is 1. The number of anilines is 1. The van der Waals surface area contributed by atoms with E-state index in [-0.39, 0.29) is 29.6 Å². The first-order valence-electron chi connectivity index (χ1n) is 9.87. The lowest BCUT2D eigenvalue weighted by Crippen LogP contribution is -2.21. The van der Waals surface area contributed by atoms with Crippen molar-refractivity contribution in [2.45, 2.75) is 6.61 Å². The predicted molar refractivity (Wildman–Crippen MR) is 119 cm³/mol. The Hall–Kier alpha value is -4.94. The van der Waals surface area contributed by atoms with Crippen LogP contribution in [0.4, 0.5) is 5.82 Å². The molecule has 0 aliphatic rings. The van der Waals surface area contributed by atoms with Gasteiger partial charge in [0, 0.05) is 0 Å². The quantitative estimate of drug-likeness (QED) is 0.274. The van der Waals surface area contributed by atoms with E-state index in [1.54, 1.807) is 37.4 Å². The molecule has 34 heavy (non-hydrogen) atoms. The number of carbonyl (C=O) groups is 1. The third-order valence-electron chi connectivity index (χ3n) is 4.58. The van der Waals surface area contributed by atoms with Gasteiger partial charge in [-0.2, -0.15) is 9.78 Å². The molecule has 174 valence electrons. The summed E-state index contributed by atoms with van der Waals surface area (Å²) in [5.74, 6) is 1.12. The molecule has 0 saturated heterocycles. The van der Waals surface area contributed by atoms with Gasteiger partial charge in [-0.3, -0.25) is 4.79 Å². The van der Waals surface area contributed by atoms with Gasteiger partial charge in [-0.15, -0.1) is 5.10 Å². The average molecular weight is 464 g/mol. The van der Waals surface area contributed by atoms with Crippen molar-refractivity contribution in [3.63, 3.8) is 0 Å². The average Bonchev–Trinajstić information content (AvgIpc) is 3.48. The van der Waals surface area contributed by atoms with Crippen molar-refractivity contribution in [1.82, 2.24) is 30.7 Å². The Balaban J connectivity index is 1.55. The second-order valence-corrected chi connectivity index (χ2v) is 6.68. The number of ether oxygens (including phenoxy) is 3. The van der Waals surface area contributed by atoms with Crippen LogP contribution in [0.5, 0.6) is 17.2 Å². The van der Waals surface area contributed by atoms with Crippen molar-refractivity contribution in [3.8, 4) is 23.1 Å². The highest BCUT2D eigenvalue weighted by Gasteiger charge is 2.24. The van der Waals surface area contributed by atoms with Crippen LogP contribution in [0, 0.1) is 0 Å². The second kappa shape index (κ2) is 10.1. The summed E-state index contributed by atoms with van der Waals surface area (Å²) < 4.78 is 22.1. The zero-order chi connectivity index (χ0) is 23.9. The molecule has 0 spiro atoms. The van der Waals surface area contributed by atoms with E-state index in [0.717, 1.165) is 0 Å². The standard InChI is InChI=1S/C21H20N8O5/c1-31-16-9-8-13(10-17(16)32-2)11-23-25-21(30)18-15(12-33-14-6-4-3-5-7-14)29(28-24-18)20-19(22)26-34-27-20/h3-11H,12H2,1-2H3,(H2,22,26)(H,25,30)/b23-11-. The number of carbonyl (C=O) groups excluding carboxylic acids is 1. The number of hydrazone groups is 1. The van der Waals surface area contributed by atoms with Gasteiger partial charge in [0.2, 0.25) is 11.6 Å². The summed E-state index contributed by atoms with van der Waals surface area (Å²) in [7, 11) is 3.07. The minimum absolute atomic E-state index is 0.0238. The number of nitrogens with zero attached hydrogens (tertiary/aromatic N) is 6. The highest BCUT2D eigenvalue weighted by atomic mass is 16.6. The van der Waals surface area contributed by atoms with Gasteiger partial charge in [0.15, 0.2) is 17.2 Å². The van der Waals surface area contributed by atoms with Crippen molar-refractivity contribution < 1.29 is 23.6 Å². The van der Waals surface area contributed by atoms with E-state index in [4.69, 9.17) is 19.9 Å². The smallest absolute Gasteiger partial charge is 0.293 e. The van der Waals surface area contributed by atoms with Crippen LogP contribution in [-0.2, 0) is 6.61 Å². The molecule has 0 aliphatic carbocycles. The van der Waals surface area contributed by atoms with E-state index in [1.165, 1.54) is 18.0 Å². The summed E-state index contributed by atoms with van der Waals surface area (Å²) >= 11 is 0. The number of benzene rings is 2. The van der Waals surface area contributed by atoms with Gasteiger partial charge in [-0.05, 0) is 46.2 Å². The molecule has 2 aromatic carbocycles. The molecular weight excluding hydrogens is 444 g/mol. The normalized spacial score (nSPS) is 10.9. The molecule has 0 unspecified atom stereocenters. The third-order valence-corrected chi connectivity index (χ3v) is 4.58. The zero-order valence-electron chi connectivity index (χ0n) is 18.2. The lowest BCUT2D eigenvalue weighted by Gasteiger charge is -2.08. The molecular formula is C21H20N8O5. The first-order valence-corrected chi connectivity index (χ1v) is 9.87. The number of nitrogen functional groups attached to an aromatic ring is 1. The summed E-state index contributed by atoms with van der Waals surface area (Å²) in [6.45, 7) is -0.0640. The van der Waals surface area contributed by atoms with E-state index < -0.39 is 5.91 Å². The lowest BCUT2D eigenvalue weighted by molar-refractivity contribution is 0.0947. The maximum atomic E-state index is 12.8. The van der Waals surface area contributed by atoms with Crippen LogP contribution >= 0.6 is 0 Å². The Morgan fingerprint density at radius 1 is 1.15 bits per heavy atom.